The zero-order valence-corrected chi connectivity index (χ0v) is 8.99. The van der Waals surface area contributed by atoms with E-state index in [-0.39, 0.29) is 6.10 Å². The molecule has 0 aliphatic carbocycles. The Morgan fingerprint density at radius 1 is 1.60 bits per heavy atom. The van der Waals surface area contributed by atoms with Crippen molar-refractivity contribution >= 4 is 11.8 Å². The van der Waals surface area contributed by atoms with Gasteiger partial charge in [-0.05, 0) is 31.5 Å². The van der Waals surface area contributed by atoms with Gasteiger partial charge in [0, 0.05) is 5.69 Å². The average Bonchev–Trinajstić information content (AvgIpc) is 2.17. The summed E-state index contributed by atoms with van der Waals surface area (Å²) >= 11 is 0. The first kappa shape index (κ1) is 11.3. The molecule has 1 N–H and O–H groups in total. The van der Waals surface area contributed by atoms with Crippen molar-refractivity contribution in [1.29, 1.82) is 0 Å². The summed E-state index contributed by atoms with van der Waals surface area (Å²) in [5, 5.41) is 2.64. The maximum atomic E-state index is 11.3. The molecule has 1 atom stereocenters. The van der Waals surface area contributed by atoms with Gasteiger partial charge in [0.2, 0.25) is 0 Å². The Balaban J connectivity index is 2.55. The lowest BCUT2D eigenvalue weighted by molar-refractivity contribution is 0.142. The van der Waals surface area contributed by atoms with Gasteiger partial charge in [-0.15, -0.1) is 0 Å². The van der Waals surface area contributed by atoms with Crippen LogP contribution in [-0.2, 0) is 4.74 Å². The van der Waals surface area contributed by atoms with Crippen LogP contribution in [0.5, 0.6) is 0 Å². The fraction of sp³-hybridized carbons (Fsp3) is 0.250. The first-order valence-corrected chi connectivity index (χ1v) is 4.78. The summed E-state index contributed by atoms with van der Waals surface area (Å²) in [6.07, 6.45) is 0.818. The molecule has 0 aliphatic rings. The van der Waals surface area contributed by atoms with Crippen molar-refractivity contribution in [3.63, 3.8) is 0 Å². The van der Waals surface area contributed by atoms with Crippen LogP contribution in [0.4, 0.5) is 10.5 Å². The van der Waals surface area contributed by atoms with Gasteiger partial charge in [0.1, 0.15) is 6.10 Å². The number of carbonyl (C=O) groups is 1. The molecule has 1 amide bonds. The minimum atomic E-state index is -0.465. The summed E-state index contributed by atoms with van der Waals surface area (Å²) in [5.41, 5.74) is 1.82. The van der Waals surface area contributed by atoms with Crippen LogP contribution in [-0.4, -0.2) is 12.2 Å². The van der Waals surface area contributed by atoms with Crippen LogP contribution < -0.4 is 5.32 Å². The van der Waals surface area contributed by atoms with E-state index in [1.807, 2.05) is 31.2 Å². The first-order valence-electron chi connectivity index (χ1n) is 4.78. The number of anilines is 1. The second kappa shape index (κ2) is 5.20. The molecule has 0 aromatic heterocycles. The lowest BCUT2D eigenvalue weighted by atomic mass is 10.2. The molecule has 3 heteroatoms. The number of aryl methyl sites for hydroxylation is 1. The lowest BCUT2D eigenvalue weighted by Gasteiger charge is -2.10. The molecule has 80 valence electrons. The maximum Gasteiger partial charge on any atom is 0.412 e. The Labute approximate surface area is 89.8 Å². The smallest absolute Gasteiger partial charge is 0.412 e. The minimum Gasteiger partial charge on any atom is -0.442 e. The van der Waals surface area contributed by atoms with E-state index in [9.17, 15) is 4.79 Å². The number of benzene rings is 1. The van der Waals surface area contributed by atoms with E-state index >= 15 is 0 Å². The van der Waals surface area contributed by atoms with E-state index in [4.69, 9.17) is 4.74 Å². The van der Waals surface area contributed by atoms with Crippen molar-refractivity contribution < 1.29 is 9.53 Å². The standard InChI is InChI=1S/C12H15NO2/c1-4-10(3)15-12(14)13-11-7-5-6-9(2)8-11/h4-8,10H,1H2,2-3H3,(H,13,14). The summed E-state index contributed by atoms with van der Waals surface area (Å²) in [6, 6.07) is 7.53. The normalized spacial score (nSPS) is 11.6. The van der Waals surface area contributed by atoms with Crippen LogP contribution in [0.3, 0.4) is 0 Å². The van der Waals surface area contributed by atoms with E-state index < -0.39 is 6.09 Å². The van der Waals surface area contributed by atoms with Gasteiger partial charge in [0.25, 0.3) is 0 Å². The monoisotopic (exact) mass is 205 g/mol. The Kier molecular flexibility index (Phi) is 3.92. The predicted molar refractivity (Wildman–Crippen MR) is 60.9 cm³/mol. The first-order chi connectivity index (χ1) is 7.11. The molecule has 0 fully saturated rings. The molecule has 15 heavy (non-hydrogen) atoms. The molecule has 1 unspecified atom stereocenters. The van der Waals surface area contributed by atoms with Gasteiger partial charge in [-0.25, -0.2) is 4.79 Å². The van der Waals surface area contributed by atoms with E-state index in [2.05, 4.69) is 11.9 Å². The summed E-state index contributed by atoms with van der Waals surface area (Å²) in [7, 11) is 0. The van der Waals surface area contributed by atoms with Gasteiger partial charge < -0.3 is 4.74 Å². The largest absolute Gasteiger partial charge is 0.442 e. The Hall–Kier alpha value is -1.77. The minimum absolute atomic E-state index is 0.283. The molecule has 0 saturated heterocycles. The molecule has 0 spiro atoms. The van der Waals surface area contributed by atoms with Crippen molar-refractivity contribution in [1.82, 2.24) is 0 Å². The van der Waals surface area contributed by atoms with Crippen LogP contribution in [0.1, 0.15) is 12.5 Å². The van der Waals surface area contributed by atoms with Gasteiger partial charge in [0.05, 0.1) is 0 Å². The molecular formula is C12H15NO2. The highest BCUT2D eigenvalue weighted by Crippen LogP contribution is 2.10. The van der Waals surface area contributed by atoms with E-state index in [1.54, 1.807) is 13.0 Å². The van der Waals surface area contributed by atoms with Crippen LogP contribution in [0, 0.1) is 6.92 Å². The fourth-order valence-corrected chi connectivity index (χ4v) is 1.09. The van der Waals surface area contributed by atoms with Crippen molar-refractivity contribution in [3.05, 3.63) is 42.5 Å². The second-order valence-corrected chi connectivity index (χ2v) is 3.34. The Morgan fingerprint density at radius 2 is 2.33 bits per heavy atom. The molecule has 3 nitrogen and oxygen atoms in total. The second-order valence-electron chi connectivity index (χ2n) is 3.34. The Bertz CT molecular complexity index is 360. The van der Waals surface area contributed by atoms with Crippen LogP contribution >= 0.6 is 0 Å². The van der Waals surface area contributed by atoms with Gasteiger partial charge >= 0.3 is 6.09 Å². The molecule has 0 saturated carbocycles. The van der Waals surface area contributed by atoms with Crippen molar-refractivity contribution in [3.8, 4) is 0 Å². The summed E-state index contributed by atoms with van der Waals surface area (Å²) in [6.45, 7) is 7.24. The summed E-state index contributed by atoms with van der Waals surface area (Å²) in [5.74, 6) is 0. The van der Waals surface area contributed by atoms with Gasteiger partial charge in [-0.1, -0.05) is 24.8 Å². The zero-order valence-electron chi connectivity index (χ0n) is 8.99. The molecular weight excluding hydrogens is 190 g/mol. The van der Waals surface area contributed by atoms with Crippen LogP contribution in [0.25, 0.3) is 0 Å². The average molecular weight is 205 g/mol. The lowest BCUT2D eigenvalue weighted by Crippen LogP contribution is -2.18. The van der Waals surface area contributed by atoms with Crippen LogP contribution in [0.2, 0.25) is 0 Å². The highest BCUT2D eigenvalue weighted by atomic mass is 16.6. The summed E-state index contributed by atoms with van der Waals surface area (Å²) in [4.78, 5) is 11.3. The Morgan fingerprint density at radius 3 is 2.93 bits per heavy atom. The zero-order chi connectivity index (χ0) is 11.3. The third-order valence-corrected chi connectivity index (χ3v) is 1.89. The highest BCUT2D eigenvalue weighted by Gasteiger charge is 2.05. The van der Waals surface area contributed by atoms with Crippen LogP contribution in [0.15, 0.2) is 36.9 Å². The number of ether oxygens (including phenoxy) is 1. The van der Waals surface area contributed by atoms with Crippen molar-refractivity contribution in [2.24, 2.45) is 0 Å². The molecule has 0 aliphatic heterocycles. The van der Waals surface area contributed by atoms with E-state index in [1.165, 1.54) is 0 Å². The number of carbonyl (C=O) groups excluding carboxylic acids is 1. The van der Waals surface area contributed by atoms with Gasteiger partial charge in [0.15, 0.2) is 0 Å². The molecule has 1 rings (SSSR count). The molecule has 0 radical (unpaired) electrons. The predicted octanol–water partition coefficient (Wildman–Crippen LogP) is 3.12. The van der Waals surface area contributed by atoms with Gasteiger partial charge in [-0.3, -0.25) is 5.32 Å². The number of hydrogen-bond acceptors (Lipinski definition) is 2. The third-order valence-electron chi connectivity index (χ3n) is 1.89. The third kappa shape index (κ3) is 3.85. The highest BCUT2D eigenvalue weighted by molar-refractivity contribution is 5.84. The fourth-order valence-electron chi connectivity index (χ4n) is 1.09. The SMILES string of the molecule is C=CC(C)OC(=O)Nc1cccc(C)c1. The maximum absolute atomic E-state index is 11.3. The van der Waals surface area contributed by atoms with Gasteiger partial charge in [-0.2, -0.15) is 0 Å². The molecule has 1 aromatic rings. The van der Waals surface area contributed by atoms with Crippen molar-refractivity contribution in [2.75, 3.05) is 5.32 Å². The number of amides is 1. The quantitative estimate of drug-likeness (QED) is 0.770. The summed E-state index contributed by atoms with van der Waals surface area (Å²) < 4.78 is 4.98. The van der Waals surface area contributed by atoms with E-state index in [0.29, 0.717) is 0 Å². The number of rotatable bonds is 3. The van der Waals surface area contributed by atoms with Crippen molar-refractivity contribution in [2.45, 2.75) is 20.0 Å². The topological polar surface area (TPSA) is 38.3 Å². The molecule has 0 heterocycles. The molecule has 0 bridgehead atoms. The number of nitrogens with one attached hydrogen (secondary N) is 1. The number of hydrogen-bond donors (Lipinski definition) is 1. The molecule has 1 aromatic carbocycles. The van der Waals surface area contributed by atoms with E-state index in [0.717, 1.165) is 11.3 Å².